The zero-order valence-electron chi connectivity index (χ0n) is 26.6. The summed E-state index contributed by atoms with van der Waals surface area (Å²) in [5.74, 6) is 1.48. The second-order valence-corrected chi connectivity index (χ2v) is 15.9. The third-order valence-electron chi connectivity index (χ3n) is 11.8. The molecule has 4 bridgehead atoms. The van der Waals surface area contributed by atoms with Crippen LogP contribution in [0.4, 0.5) is 9.59 Å². The Labute approximate surface area is 280 Å². The highest BCUT2D eigenvalue weighted by Crippen LogP contribution is 2.63. The second-order valence-electron chi connectivity index (χ2n) is 14.8. The predicted octanol–water partition coefficient (Wildman–Crippen LogP) is -0.954. The Morgan fingerprint density at radius 1 is 0.714 bits per heavy atom. The Morgan fingerprint density at radius 2 is 1.14 bits per heavy atom. The molecule has 2 aliphatic carbocycles. The summed E-state index contributed by atoms with van der Waals surface area (Å²) in [5.41, 5.74) is -0.699. The summed E-state index contributed by atoms with van der Waals surface area (Å²) >= 11 is 0. The molecule has 21 heteroatoms. The highest BCUT2D eigenvalue weighted by Gasteiger charge is 2.67. The second kappa shape index (κ2) is 10.8. The van der Waals surface area contributed by atoms with E-state index in [0.717, 1.165) is 62.0 Å². The average molecular weight is 703 g/mol. The molecule has 0 radical (unpaired) electrons. The van der Waals surface area contributed by atoms with Gasteiger partial charge in [-0.25, -0.2) is 9.59 Å². The lowest BCUT2D eigenvalue weighted by atomic mass is 9.85. The lowest BCUT2D eigenvalue weighted by Gasteiger charge is -2.35. The van der Waals surface area contributed by atoms with Gasteiger partial charge in [0, 0.05) is 51.4 Å². The normalized spacial score (nSPS) is 31.3. The Hall–Kier alpha value is -3.47. The van der Waals surface area contributed by atoms with E-state index >= 15 is 0 Å². The van der Waals surface area contributed by atoms with Crippen molar-refractivity contribution in [1.29, 1.82) is 0 Å². The number of aromatic nitrogens is 4. The number of rotatable bonds is 12. The minimum atomic E-state index is -4.89. The van der Waals surface area contributed by atoms with E-state index in [1.807, 2.05) is 0 Å². The maximum absolute atomic E-state index is 13.7. The SMILES string of the molecule is O=C1N2C[C@H](N1OS(=O)(=O)ON1C(=O)N3C[C@H]1C1(CC1)C[C@H]3c1nnc(CNC3CNC3)o1)C1(CC1)C[C@H]2c1nnc(CNC2CNC2)o1. The number of hydrogen-bond donors (Lipinski definition) is 4. The molecule has 6 saturated heterocycles. The number of carbonyl (C=O) groups excluding carboxylic acids is 2. The van der Waals surface area contributed by atoms with Crippen LogP contribution in [0.2, 0.25) is 0 Å². The Balaban J connectivity index is 0.827. The van der Waals surface area contributed by atoms with E-state index in [9.17, 15) is 18.0 Å². The topological polar surface area (TPSA) is 226 Å². The molecule has 2 aromatic heterocycles. The standard InChI is InChI=1S/C28H38N12O8S/c41-25-37-13-19(27(1-2-27)5-17(37)23-35-33-21(45-23)11-31-15-7-29-8-15)39(25)47-49(43,44)48-40-20-14-38(26(40)42)18(6-28(20)3-4-28)24-36-34-22(46-24)12-32-16-9-30-10-16/h15-20,29-32H,1-14H2/t17-,18-,19-,20-/m0/s1. The molecule has 8 fully saturated rings. The van der Waals surface area contributed by atoms with Crippen molar-refractivity contribution in [3.8, 4) is 0 Å². The average Bonchev–Trinajstić information content (AvgIpc) is 3.75. The van der Waals surface area contributed by atoms with Gasteiger partial charge in [-0.15, -0.1) is 29.0 Å². The number of hydroxylamine groups is 4. The first-order valence-electron chi connectivity index (χ1n) is 17.1. The first-order chi connectivity index (χ1) is 23.7. The third kappa shape index (κ3) is 5.03. The Kier molecular flexibility index (Phi) is 6.67. The van der Waals surface area contributed by atoms with Crippen LogP contribution in [0.15, 0.2) is 8.83 Å². The first-order valence-corrected chi connectivity index (χ1v) is 18.4. The van der Waals surface area contributed by atoms with Crippen molar-refractivity contribution in [2.45, 2.75) is 87.9 Å². The molecule has 2 spiro atoms. The van der Waals surface area contributed by atoms with Gasteiger partial charge in [-0.2, -0.15) is 18.5 Å². The molecule has 264 valence electrons. The quantitative estimate of drug-likeness (QED) is 0.209. The number of amides is 4. The van der Waals surface area contributed by atoms with Gasteiger partial charge in [0.15, 0.2) is 0 Å². The molecule has 4 amide bonds. The summed E-state index contributed by atoms with van der Waals surface area (Å²) < 4.78 is 49.9. The van der Waals surface area contributed by atoms with Crippen molar-refractivity contribution < 1.29 is 35.4 Å². The van der Waals surface area contributed by atoms with Crippen molar-refractivity contribution in [3.05, 3.63) is 23.6 Å². The highest BCUT2D eigenvalue weighted by atomic mass is 32.3. The smallest absolute Gasteiger partial charge is 0.422 e. The molecule has 10 rings (SSSR count). The molecule has 20 nitrogen and oxygen atoms in total. The van der Waals surface area contributed by atoms with Gasteiger partial charge >= 0.3 is 22.5 Å². The zero-order chi connectivity index (χ0) is 33.1. The Bertz CT molecular complexity index is 1650. The van der Waals surface area contributed by atoms with Gasteiger partial charge in [-0.3, -0.25) is 0 Å². The lowest BCUT2D eigenvalue weighted by Crippen LogP contribution is -2.55. The molecular formula is C28H38N12O8S. The first kappa shape index (κ1) is 30.4. The number of nitrogens with one attached hydrogen (secondary N) is 4. The number of urea groups is 2. The van der Waals surface area contributed by atoms with Gasteiger partial charge in [0.25, 0.3) is 0 Å². The molecular weight excluding hydrogens is 664 g/mol. The van der Waals surface area contributed by atoms with Crippen LogP contribution in [-0.2, 0) is 32.1 Å². The van der Waals surface area contributed by atoms with Gasteiger partial charge in [-0.1, -0.05) is 0 Å². The van der Waals surface area contributed by atoms with Crippen LogP contribution in [0.25, 0.3) is 0 Å². The molecule has 8 heterocycles. The predicted molar refractivity (Wildman–Crippen MR) is 160 cm³/mol. The summed E-state index contributed by atoms with van der Waals surface area (Å²) in [6.07, 6.45) is 4.27. The van der Waals surface area contributed by atoms with Crippen LogP contribution >= 0.6 is 0 Å². The van der Waals surface area contributed by atoms with Gasteiger partial charge in [0.1, 0.15) is 12.1 Å². The van der Waals surface area contributed by atoms with E-state index in [4.69, 9.17) is 17.4 Å². The van der Waals surface area contributed by atoms with Gasteiger partial charge < -0.3 is 39.9 Å². The number of hydrogen-bond acceptors (Lipinski definition) is 16. The fourth-order valence-electron chi connectivity index (χ4n) is 8.36. The van der Waals surface area contributed by atoms with E-state index in [1.54, 1.807) is 0 Å². The minimum absolute atomic E-state index is 0.242. The van der Waals surface area contributed by atoms with E-state index in [2.05, 4.69) is 41.7 Å². The highest BCUT2D eigenvalue weighted by molar-refractivity contribution is 7.81. The summed E-state index contributed by atoms with van der Waals surface area (Å²) in [6.45, 7) is 4.83. The molecule has 8 aliphatic rings. The van der Waals surface area contributed by atoms with Crippen LogP contribution in [0.3, 0.4) is 0 Å². The molecule has 4 N–H and O–H groups in total. The molecule has 2 aromatic rings. The maximum atomic E-state index is 13.7. The summed E-state index contributed by atoms with van der Waals surface area (Å²) in [7, 11) is -4.89. The van der Waals surface area contributed by atoms with E-state index in [-0.39, 0.29) is 23.9 Å². The van der Waals surface area contributed by atoms with Gasteiger partial charge in [0.2, 0.25) is 23.6 Å². The molecule has 6 aliphatic heterocycles. The van der Waals surface area contributed by atoms with Crippen LogP contribution in [0.5, 0.6) is 0 Å². The van der Waals surface area contributed by atoms with E-state index in [1.165, 1.54) is 9.80 Å². The van der Waals surface area contributed by atoms with Gasteiger partial charge in [-0.05, 0) is 49.4 Å². The van der Waals surface area contributed by atoms with Crippen molar-refractivity contribution in [3.63, 3.8) is 0 Å². The van der Waals surface area contributed by atoms with E-state index < -0.39 is 46.6 Å². The molecule has 2 saturated carbocycles. The number of carbonyl (C=O) groups is 2. The monoisotopic (exact) mass is 702 g/mol. The van der Waals surface area contributed by atoms with Crippen molar-refractivity contribution in [2.75, 3.05) is 39.3 Å². The minimum Gasteiger partial charge on any atom is -0.422 e. The summed E-state index contributed by atoms with van der Waals surface area (Å²) in [5, 5.41) is 31.7. The maximum Gasteiger partial charge on any atom is 0.442 e. The van der Waals surface area contributed by atoms with Crippen LogP contribution in [0, 0.1) is 10.8 Å². The van der Waals surface area contributed by atoms with E-state index in [0.29, 0.717) is 61.6 Å². The number of fused-ring (bicyclic) bond motifs is 6. The van der Waals surface area contributed by atoms with Crippen LogP contribution < -0.4 is 21.3 Å². The third-order valence-corrected chi connectivity index (χ3v) is 12.5. The largest absolute Gasteiger partial charge is 0.442 e. The molecule has 4 atom stereocenters. The van der Waals surface area contributed by atoms with Crippen molar-refractivity contribution in [1.82, 2.24) is 61.6 Å². The fourth-order valence-corrected chi connectivity index (χ4v) is 9.11. The molecule has 0 aromatic carbocycles. The number of piperidine rings is 2. The molecule has 49 heavy (non-hydrogen) atoms. The summed E-state index contributed by atoms with van der Waals surface area (Å²) in [4.78, 5) is 30.5. The summed E-state index contributed by atoms with van der Waals surface area (Å²) in [6, 6.07) is -2.61. The lowest BCUT2D eigenvalue weighted by molar-refractivity contribution is -0.101. The van der Waals surface area contributed by atoms with Crippen LogP contribution in [-0.4, -0.2) is 124 Å². The van der Waals surface area contributed by atoms with Crippen LogP contribution in [0.1, 0.15) is 74.2 Å². The molecule has 0 unspecified atom stereocenters. The Morgan fingerprint density at radius 3 is 1.51 bits per heavy atom. The number of nitrogens with zero attached hydrogens (tertiary/aromatic N) is 8. The van der Waals surface area contributed by atoms with Crippen molar-refractivity contribution in [2.24, 2.45) is 10.8 Å². The van der Waals surface area contributed by atoms with Gasteiger partial charge in [0.05, 0.1) is 25.2 Å². The van der Waals surface area contributed by atoms with Crippen molar-refractivity contribution >= 4 is 22.5 Å². The fraction of sp³-hybridized carbons (Fsp3) is 0.786. The zero-order valence-corrected chi connectivity index (χ0v) is 27.4.